The zero-order valence-corrected chi connectivity index (χ0v) is 19.7. The molecule has 3 N–H and O–H groups in total. The molecule has 1 aliphatic carbocycles. The molecule has 5 rings (SSSR count). The van der Waals surface area contributed by atoms with Gasteiger partial charge in [0.25, 0.3) is 5.91 Å². The minimum atomic E-state index is -0.200. The Kier molecular flexibility index (Phi) is 6.51. The average molecular weight is 479 g/mol. The van der Waals surface area contributed by atoms with Gasteiger partial charge in [0.1, 0.15) is 11.8 Å². The van der Waals surface area contributed by atoms with Gasteiger partial charge in [-0.3, -0.25) is 4.79 Å². The summed E-state index contributed by atoms with van der Waals surface area (Å²) in [5.74, 6) is 1.12. The largest absolute Gasteiger partial charge is 0.360 e. The number of hydrogen-bond donors (Lipinski definition) is 3. The molecule has 9 heteroatoms. The lowest BCUT2D eigenvalue weighted by molar-refractivity contribution is 0.0610. The van der Waals surface area contributed by atoms with Crippen LogP contribution in [0, 0.1) is 5.92 Å². The molecule has 176 valence electrons. The van der Waals surface area contributed by atoms with Crippen LogP contribution in [0.2, 0.25) is 5.02 Å². The lowest BCUT2D eigenvalue weighted by Crippen LogP contribution is -2.23. The van der Waals surface area contributed by atoms with Gasteiger partial charge in [-0.05, 0) is 49.1 Å². The quantitative estimate of drug-likeness (QED) is 0.569. The number of aromatic nitrogens is 2. The van der Waals surface area contributed by atoms with Crippen LogP contribution in [-0.4, -0.2) is 41.2 Å². The van der Waals surface area contributed by atoms with Crippen LogP contribution in [0.15, 0.2) is 65.8 Å². The monoisotopic (exact) mass is 478 g/mol. The first-order valence-corrected chi connectivity index (χ1v) is 11.8. The Morgan fingerprint density at radius 1 is 1.21 bits per heavy atom. The molecule has 1 aromatic carbocycles. The number of carbonyl (C=O) groups excluding carboxylic acids is 1. The molecular formula is C25H27ClN6O2. The fourth-order valence-corrected chi connectivity index (χ4v) is 4.75. The molecule has 0 spiro atoms. The summed E-state index contributed by atoms with van der Waals surface area (Å²) in [5, 5.41) is 9.41. The smallest absolute Gasteiger partial charge is 0.253 e. The van der Waals surface area contributed by atoms with Crippen molar-refractivity contribution >= 4 is 35.0 Å². The molecule has 3 aliphatic rings. The Labute approximate surface area is 203 Å². The second-order valence-corrected chi connectivity index (χ2v) is 8.91. The topological polar surface area (TPSA) is 91.4 Å². The van der Waals surface area contributed by atoms with E-state index in [2.05, 4.69) is 36.9 Å². The Balaban J connectivity index is 1.36. The predicted octanol–water partition coefficient (Wildman–Crippen LogP) is 4.79. The third-order valence-electron chi connectivity index (χ3n) is 6.30. The summed E-state index contributed by atoms with van der Waals surface area (Å²) < 4.78 is 5.96. The summed E-state index contributed by atoms with van der Waals surface area (Å²) in [7, 11) is 1.59. The second kappa shape index (κ2) is 9.87. The molecule has 1 aromatic heterocycles. The molecule has 1 saturated carbocycles. The van der Waals surface area contributed by atoms with Crippen molar-refractivity contribution in [3.8, 4) is 0 Å². The Hall–Kier alpha value is -3.36. The van der Waals surface area contributed by atoms with E-state index in [1.807, 2.05) is 18.3 Å². The number of nitrogens with one attached hydrogen (secondary N) is 3. The van der Waals surface area contributed by atoms with Crippen LogP contribution >= 0.6 is 11.6 Å². The van der Waals surface area contributed by atoms with E-state index in [9.17, 15) is 4.79 Å². The highest BCUT2D eigenvalue weighted by atomic mass is 35.5. The summed E-state index contributed by atoms with van der Waals surface area (Å²) in [5.41, 5.74) is 4.69. The van der Waals surface area contributed by atoms with Gasteiger partial charge in [0.15, 0.2) is 5.82 Å². The molecule has 0 bridgehead atoms. The molecule has 1 atom stereocenters. The molecule has 34 heavy (non-hydrogen) atoms. The Morgan fingerprint density at radius 3 is 2.97 bits per heavy atom. The first-order valence-electron chi connectivity index (χ1n) is 11.5. The van der Waals surface area contributed by atoms with Crippen molar-refractivity contribution < 1.29 is 9.53 Å². The van der Waals surface area contributed by atoms with Gasteiger partial charge >= 0.3 is 0 Å². The molecule has 1 unspecified atom stereocenters. The Morgan fingerprint density at radius 2 is 2.09 bits per heavy atom. The minimum Gasteiger partial charge on any atom is -0.360 e. The van der Waals surface area contributed by atoms with Crippen LogP contribution in [-0.2, 0) is 4.74 Å². The molecule has 1 fully saturated rings. The predicted molar refractivity (Wildman–Crippen MR) is 133 cm³/mol. The van der Waals surface area contributed by atoms with Crippen molar-refractivity contribution in [3.05, 3.63) is 76.4 Å². The van der Waals surface area contributed by atoms with Gasteiger partial charge in [-0.1, -0.05) is 30.2 Å². The first-order chi connectivity index (χ1) is 16.6. The summed E-state index contributed by atoms with van der Waals surface area (Å²) in [4.78, 5) is 23.2. The number of benzene rings is 1. The van der Waals surface area contributed by atoms with E-state index >= 15 is 0 Å². The molecule has 1 amide bonds. The fraction of sp³-hybridized carbons (Fsp3) is 0.320. The van der Waals surface area contributed by atoms with E-state index in [4.69, 9.17) is 16.3 Å². The molecular weight excluding hydrogens is 452 g/mol. The third kappa shape index (κ3) is 4.64. The van der Waals surface area contributed by atoms with Gasteiger partial charge in [0.2, 0.25) is 5.95 Å². The third-order valence-corrected chi connectivity index (χ3v) is 6.57. The van der Waals surface area contributed by atoms with Gasteiger partial charge in [0, 0.05) is 24.9 Å². The maximum Gasteiger partial charge on any atom is 0.253 e. The highest BCUT2D eigenvalue weighted by molar-refractivity contribution is 6.33. The number of hydrogen-bond acceptors (Lipinski definition) is 7. The average Bonchev–Trinajstić information content (AvgIpc) is 3.05. The number of carbonyl (C=O) groups is 1. The fourth-order valence-electron chi connectivity index (χ4n) is 4.61. The van der Waals surface area contributed by atoms with E-state index in [0.29, 0.717) is 40.7 Å². The maximum atomic E-state index is 12.2. The van der Waals surface area contributed by atoms with Crippen LogP contribution in [0.4, 0.5) is 17.5 Å². The van der Waals surface area contributed by atoms with Crippen molar-refractivity contribution in [2.75, 3.05) is 31.0 Å². The van der Waals surface area contributed by atoms with E-state index in [1.54, 1.807) is 25.2 Å². The zero-order valence-electron chi connectivity index (χ0n) is 19.0. The summed E-state index contributed by atoms with van der Waals surface area (Å²) in [6, 6.07) is 7.18. The maximum absolute atomic E-state index is 12.2. The highest BCUT2D eigenvalue weighted by Gasteiger charge is 2.28. The zero-order chi connectivity index (χ0) is 23.5. The van der Waals surface area contributed by atoms with E-state index < -0.39 is 0 Å². The van der Waals surface area contributed by atoms with Crippen LogP contribution in [0.1, 0.15) is 36.0 Å². The Bertz CT molecular complexity index is 1190. The number of fused-ring (bicyclic) bond motifs is 2. The number of ether oxygens (including phenoxy) is 1. The number of nitrogens with zero attached hydrogens (tertiary/aromatic N) is 3. The van der Waals surface area contributed by atoms with Crippen LogP contribution < -0.4 is 16.0 Å². The molecule has 0 saturated heterocycles. The first kappa shape index (κ1) is 22.4. The second-order valence-electron chi connectivity index (χ2n) is 8.51. The summed E-state index contributed by atoms with van der Waals surface area (Å²) in [6.45, 7) is 1.31. The normalized spacial score (nSPS) is 19.5. The number of allylic oxidation sites excluding steroid dienone is 2. The van der Waals surface area contributed by atoms with Crippen LogP contribution in [0.3, 0.4) is 0 Å². The van der Waals surface area contributed by atoms with Crippen LogP contribution in [0.25, 0.3) is 0 Å². The highest BCUT2D eigenvalue weighted by Crippen LogP contribution is 2.37. The number of para-hydroxylation sites is 1. The standard InChI is InChI=1S/C25H27ClN6O2/c1-27-24(33)19-8-4-5-9-21(19)30-23-20(26)12-28-25(31-23)29-17-10-11-22-18-7-3-2-6-16(18)14-34-15-32(22)13-17/h4-5,8-13,16H,2-3,6-7,14-15H2,1H3,(H,27,33)(H2,28,29,30,31). The van der Waals surface area contributed by atoms with Crippen molar-refractivity contribution in [1.82, 2.24) is 20.2 Å². The van der Waals surface area contributed by atoms with Gasteiger partial charge in [-0.25, -0.2) is 4.98 Å². The van der Waals surface area contributed by atoms with Gasteiger partial charge < -0.3 is 25.6 Å². The number of rotatable bonds is 5. The van der Waals surface area contributed by atoms with E-state index in [0.717, 1.165) is 18.7 Å². The van der Waals surface area contributed by atoms with Crippen molar-refractivity contribution in [2.24, 2.45) is 5.92 Å². The molecule has 2 aromatic rings. The van der Waals surface area contributed by atoms with Gasteiger partial charge in [-0.2, -0.15) is 4.98 Å². The minimum absolute atomic E-state index is 0.200. The molecule has 2 aliphatic heterocycles. The van der Waals surface area contributed by atoms with Crippen molar-refractivity contribution in [1.29, 1.82) is 0 Å². The van der Waals surface area contributed by atoms with Crippen LogP contribution in [0.5, 0.6) is 0 Å². The van der Waals surface area contributed by atoms with Gasteiger partial charge in [0.05, 0.1) is 29.8 Å². The number of anilines is 3. The molecule has 0 radical (unpaired) electrons. The molecule has 3 heterocycles. The molecule has 8 nitrogen and oxygen atoms in total. The van der Waals surface area contributed by atoms with E-state index in [1.165, 1.54) is 36.7 Å². The lowest BCUT2D eigenvalue weighted by Gasteiger charge is -2.29. The number of halogens is 1. The van der Waals surface area contributed by atoms with Crippen molar-refractivity contribution in [3.63, 3.8) is 0 Å². The van der Waals surface area contributed by atoms with Crippen molar-refractivity contribution in [2.45, 2.75) is 25.7 Å². The summed E-state index contributed by atoms with van der Waals surface area (Å²) >= 11 is 6.35. The van der Waals surface area contributed by atoms with E-state index in [-0.39, 0.29) is 5.91 Å². The number of amides is 1. The van der Waals surface area contributed by atoms with Gasteiger partial charge in [-0.15, -0.1) is 0 Å². The summed E-state index contributed by atoms with van der Waals surface area (Å²) in [6.07, 6.45) is 12.6. The SMILES string of the molecule is CNC(=O)c1ccccc1Nc1nc(NC2=CN3COCC4CCCCC4=C3C=C2)ncc1Cl. The lowest BCUT2D eigenvalue weighted by atomic mass is 9.83.